The molecule has 0 radical (unpaired) electrons. The van der Waals surface area contributed by atoms with Gasteiger partial charge in [0.2, 0.25) is 0 Å². The van der Waals surface area contributed by atoms with Crippen molar-refractivity contribution < 1.29 is 14.6 Å². The van der Waals surface area contributed by atoms with Crippen LogP contribution in [0.5, 0.6) is 11.5 Å². The average Bonchev–Trinajstić information content (AvgIpc) is 2.81. The monoisotopic (exact) mass is 284 g/mol. The predicted molar refractivity (Wildman–Crippen MR) is 72.7 cm³/mol. The Morgan fingerprint density at radius 3 is 2.39 bits per heavy atom. The molecular formula is C13H13ClO3S. The van der Waals surface area contributed by atoms with Crippen LogP contribution in [0.1, 0.15) is 4.88 Å². The van der Waals surface area contributed by atoms with Gasteiger partial charge in [0, 0.05) is 4.88 Å². The van der Waals surface area contributed by atoms with Gasteiger partial charge in [-0.25, -0.2) is 0 Å². The number of hydrogen-bond acceptors (Lipinski definition) is 4. The largest absolute Gasteiger partial charge is 0.487 e. The molecule has 2 rings (SSSR count). The van der Waals surface area contributed by atoms with E-state index in [2.05, 4.69) is 0 Å². The van der Waals surface area contributed by atoms with E-state index in [1.165, 1.54) is 11.3 Å². The number of aliphatic hydroxyl groups is 1. The van der Waals surface area contributed by atoms with Crippen LogP contribution in [0, 0.1) is 0 Å². The van der Waals surface area contributed by atoms with Crippen molar-refractivity contribution in [3.05, 3.63) is 45.6 Å². The summed E-state index contributed by atoms with van der Waals surface area (Å²) >= 11 is 7.34. The van der Waals surface area contributed by atoms with Crippen LogP contribution in [-0.2, 0) is 6.61 Å². The Balaban J connectivity index is 1.99. The van der Waals surface area contributed by atoms with Crippen LogP contribution in [0.3, 0.4) is 0 Å². The summed E-state index contributed by atoms with van der Waals surface area (Å²) in [5, 5.41) is 8.75. The minimum atomic E-state index is -0.0190. The van der Waals surface area contributed by atoms with Crippen LogP contribution in [0.25, 0.3) is 0 Å². The van der Waals surface area contributed by atoms with Crippen molar-refractivity contribution in [2.24, 2.45) is 0 Å². The third kappa shape index (κ3) is 3.63. The number of rotatable bonds is 6. The topological polar surface area (TPSA) is 38.7 Å². The minimum Gasteiger partial charge on any atom is -0.487 e. The molecule has 1 aromatic carbocycles. The summed E-state index contributed by atoms with van der Waals surface area (Å²) in [6.45, 7) is 0.691. The normalized spacial score (nSPS) is 10.3. The molecule has 18 heavy (non-hydrogen) atoms. The fraction of sp³-hybridized carbons (Fsp3) is 0.231. The average molecular weight is 285 g/mol. The fourth-order valence-corrected chi connectivity index (χ4v) is 2.42. The Hall–Kier alpha value is -1.23. The first-order valence-electron chi connectivity index (χ1n) is 5.49. The van der Waals surface area contributed by atoms with Crippen molar-refractivity contribution in [1.82, 2.24) is 0 Å². The lowest BCUT2D eigenvalue weighted by Crippen LogP contribution is -2.03. The summed E-state index contributed by atoms with van der Waals surface area (Å²) in [5.74, 6) is 1.30. The minimum absolute atomic E-state index is 0.0190. The number of aliphatic hydroxyl groups excluding tert-OH is 1. The zero-order chi connectivity index (χ0) is 12.8. The lowest BCUT2D eigenvalue weighted by atomic mass is 10.3. The second kappa shape index (κ2) is 6.64. The highest BCUT2D eigenvalue weighted by atomic mass is 35.5. The summed E-state index contributed by atoms with van der Waals surface area (Å²) in [6, 6.07) is 11.2. The van der Waals surface area contributed by atoms with Crippen molar-refractivity contribution in [3.8, 4) is 11.5 Å². The molecule has 1 heterocycles. The van der Waals surface area contributed by atoms with E-state index in [-0.39, 0.29) is 13.2 Å². The first-order chi connectivity index (χ1) is 8.79. The van der Waals surface area contributed by atoms with Crippen molar-refractivity contribution in [2.45, 2.75) is 6.61 Å². The lowest BCUT2D eigenvalue weighted by Gasteiger charge is -2.11. The first-order valence-corrected chi connectivity index (χ1v) is 6.69. The zero-order valence-corrected chi connectivity index (χ0v) is 11.2. The van der Waals surface area contributed by atoms with Crippen LogP contribution >= 0.6 is 22.9 Å². The Labute approximate surface area is 115 Å². The second-order valence-corrected chi connectivity index (χ2v) is 5.31. The van der Waals surface area contributed by atoms with E-state index >= 15 is 0 Å². The van der Waals surface area contributed by atoms with Gasteiger partial charge in [-0.15, -0.1) is 11.3 Å². The lowest BCUT2D eigenvalue weighted by molar-refractivity contribution is 0.192. The Kier molecular flexibility index (Phi) is 4.87. The van der Waals surface area contributed by atoms with Crippen molar-refractivity contribution in [3.63, 3.8) is 0 Å². The zero-order valence-electron chi connectivity index (χ0n) is 9.64. The van der Waals surface area contributed by atoms with Gasteiger partial charge in [0.15, 0.2) is 11.5 Å². The summed E-state index contributed by atoms with van der Waals surface area (Å²) < 4.78 is 11.8. The Bertz CT molecular complexity index is 498. The molecule has 96 valence electrons. The van der Waals surface area contributed by atoms with E-state index in [1.807, 2.05) is 36.4 Å². The van der Waals surface area contributed by atoms with Gasteiger partial charge < -0.3 is 14.6 Å². The molecule has 0 saturated carbocycles. The molecule has 0 amide bonds. The standard InChI is InChI=1S/C13H13ClO3S/c14-13-6-5-10(18-13)9-17-12-4-2-1-3-11(12)16-8-7-15/h1-6,15H,7-9H2. The number of hydrogen-bond donors (Lipinski definition) is 1. The number of ether oxygens (including phenoxy) is 2. The molecule has 0 unspecified atom stereocenters. The van der Waals surface area contributed by atoms with Crippen LogP contribution in [-0.4, -0.2) is 18.3 Å². The maximum atomic E-state index is 8.75. The maximum absolute atomic E-state index is 8.75. The van der Waals surface area contributed by atoms with Gasteiger partial charge in [0.05, 0.1) is 10.9 Å². The number of halogens is 1. The van der Waals surface area contributed by atoms with Crippen LogP contribution in [0.15, 0.2) is 36.4 Å². The smallest absolute Gasteiger partial charge is 0.161 e. The number of benzene rings is 1. The first kappa shape index (κ1) is 13.2. The van der Waals surface area contributed by atoms with Crippen molar-refractivity contribution in [1.29, 1.82) is 0 Å². The van der Waals surface area contributed by atoms with E-state index in [0.29, 0.717) is 18.1 Å². The molecule has 3 nitrogen and oxygen atoms in total. The SMILES string of the molecule is OCCOc1ccccc1OCc1ccc(Cl)s1. The van der Waals surface area contributed by atoms with Gasteiger partial charge in [-0.3, -0.25) is 0 Å². The third-order valence-corrected chi connectivity index (χ3v) is 3.40. The molecule has 0 fully saturated rings. The summed E-state index contributed by atoms with van der Waals surface area (Å²) in [4.78, 5) is 1.05. The molecule has 0 aliphatic heterocycles. The van der Waals surface area contributed by atoms with E-state index in [1.54, 1.807) is 0 Å². The highest BCUT2D eigenvalue weighted by Crippen LogP contribution is 2.28. The highest BCUT2D eigenvalue weighted by molar-refractivity contribution is 7.16. The molecule has 1 aromatic heterocycles. The summed E-state index contributed by atoms with van der Waals surface area (Å²) in [6.07, 6.45) is 0. The highest BCUT2D eigenvalue weighted by Gasteiger charge is 2.05. The maximum Gasteiger partial charge on any atom is 0.161 e. The predicted octanol–water partition coefficient (Wildman–Crippen LogP) is 3.35. The van der Waals surface area contributed by atoms with Crippen LogP contribution in [0.4, 0.5) is 0 Å². The molecule has 0 atom stereocenters. The molecule has 0 aliphatic carbocycles. The number of para-hydroxylation sites is 2. The second-order valence-electron chi connectivity index (χ2n) is 3.51. The molecule has 2 aromatic rings. The van der Waals surface area contributed by atoms with E-state index < -0.39 is 0 Å². The molecule has 0 saturated heterocycles. The van der Waals surface area contributed by atoms with Crippen molar-refractivity contribution >= 4 is 22.9 Å². The Morgan fingerprint density at radius 2 is 1.78 bits per heavy atom. The molecule has 5 heteroatoms. The van der Waals surface area contributed by atoms with Gasteiger partial charge in [-0.2, -0.15) is 0 Å². The molecule has 0 bridgehead atoms. The van der Waals surface area contributed by atoms with Crippen LogP contribution in [0.2, 0.25) is 4.34 Å². The Morgan fingerprint density at radius 1 is 1.06 bits per heavy atom. The molecule has 0 aliphatic rings. The van der Waals surface area contributed by atoms with Crippen molar-refractivity contribution in [2.75, 3.05) is 13.2 Å². The van der Waals surface area contributed by atoms with Gasteiger partial charge in [-0.1, -0.05) is 23.7 Å². The quantitative estimate of drug-likeness (QED) is 0.884. The molecular weight excluding hydrogens is 272 g/mol. The van der Waals surface area contributed by atoms with E-state index in [9.17, 15) is 0 Å². The van der Waals surface area contributed by atoms with Gasteiger partial charge in [-0.05, 0) is 24.3 Å². The van der Waals surface area contributed by atoms with Gasteiger partial charge in [0.25, 0.3) is 0 Å². The van der Waals surface area contributed by atoms with Crippen LogP contribution < -0.4 is 9.47 Å². The summed E-state index contributed by atoms with van der Waals surface area (Å²) in [5.41, 5.74) is 0. The molecule has 1 N–H and O–H groups in total. The summed E-state index contributed by atoms with van der Waals surface area (Å²) in [7, 11) is 0. The van der Waals surface area contributed by atoms with E-state index in [0.717, 1.165) is 9.21 Å². The van der Waals surface area contributed by atoms with Gasteiger partial charge >= 0.3 is 0 Å². The van der Waals surface area contributed by atoms with Gasteiger partial charge in [0.1, 0.15) is 13.2 Å². The number of thiophene rings is 1. The third-order valence-electron chi connectivity index (χ3n) is 2.20. The van der Waals surface area contributed by atoms with E-state index in [4.69, 9.17) is 26.2 Å². The fourth-order valence-electron chi connectivity index (χ4n) is 1.42. The molecule has 0 spiro atoms.